The van der Waals surface area contributed by atoms with Crippen molar-refractivity contribution in [2.45, 2.75) is 38.1 Å². The maximum atomic E-state index is 12.9. The van der Waals surface area contributed by atoms with E-state index < -0.39 is 0 Å². The number of benzene rings is 1. The summed E-state index contributed by atoms with van der Waals surface area (Å²) in [7, 11) is 0. The lowest BCUT2D eigenvalue weighted by atomic mass is 9.98. The molecule has 1 saturated heterocycles. The fraction of sp³-hybridized carbons (Fsp3) is 0.450. The molecule has 138 valence electrons. The summed E-state index contributed by atoms with van der Waals surface area (Å²) >= 11 is 0. The van der Waals surface area contributed by atoms with Gasteiger partial charge in [-0.05, 0) is 43.7 Å². The summed E-state index contributed by atoms with van der Waals surface area (Å²) < 4.78 is 1.95. The van der Waals surface area contributed by atoms with Crippen LogP contribution in [-0.2, 0) is 6.54 Å². The Morgan fingerprint density at radius 2 is 2.00 bits per heavy atom. The van der Waals surface area contributed by atoms with Crippen LogP contribution < -0.4 is 0 Å². The standard InChI is InChI=1S/C20H22N6O/c27-20(18-10-21-16-5-1-2-6-17(16)22-18)25-9-3-4-14(11-25)12-26-13-19(23-24-26)15-7-8-15/h1-2,5-6,10,13-15H,3-4,7-9,11-12H2. The van der Waals surface area contributed by atoms with Crippen LogP contribution in [0.15, 0.2) is 36.7 Å². The van der Waals surface area contributed by atoms with Crippen LogP contribution in [0.4, 0.5) is 0 Å². The Morgan fingerprint density at radius 3 is 2.85 bits per heavy atom. The zero-order chi connectivity index (χ0) is 18.2. The van der Waals surface area contributed by atoms with E-state index >= 15 is 0 Å². The molecule has 0 spiro atoms. The first-order valence-electron chi connectivity index (χ1n) is 9.67. The second kappa shape index (κ2) is 6.72. The topological polar surface area (TPSA) is 76.8 Å². The van der Waals surface area contributed by atoms with E-state index in [0.29, 0.717) is 17.5 Å². The summed E-state index contributed by atoms with van der Waals surface area (Å²) in [5.74, 6) is 0.981. The molecule has 27 heavy (non-hydrogen) atoms. The Morgan fingerprint density at radius 1 is 1.15 bits per heavy atom. The van der Waals surface area contributed by atoms with Crippen molar-refractivity contribution in [3.63, 3.8) is 0 Å². The Bertz CT molecular complexity index is 979. The van der Waals surface area contributed by atoms with Gasteiger partial charge in [0.1, 0.15) is 5.69 Å². The van der Waals surface area contributed by atoms with Crippen molar-refractivity contribution in [3.8, 4) is 0 Å². The number of fused-ring (bicyclic) bond motifs is 1. The van der Waals surface area contributed by atoms with Crippen LogP contribution in [0.3, 0.4) is 0 Å². The van der Waals surface area contributed by atoms with Gasteiger partial charge in [-0.2, -0.15) is 0 Å². The number of hydrogen-bond donors (Lipinski definition) is 0. The van der Waals surface area contributed by atoms with E-state index in [1.54, 1.807) is 6.20 Å². The quantitative estimate of drug-likeness (QED) is 0.713. The lowest BCUT2D eigenvalue weighted by Gasteiger charge is -2.32. The van der Waals surface area contributed by atoms with Crippen molar-refractivity contribution in [2.24, 2.45) is 5.92 Å². The average molecular weight is 362 g/mol. The zero-order valence-electron chi connectivity index (χ0n) is 15.2. The number of hydrogen-bond acceptors (Lipinski definition) is 5. The predicted molar refractivity (Wildman–Crippen MR) is 100 cm³/mol. The monoisotopic (exact) mass is 362 g/mol. The highest BCUT2D eigenvalue weighted by Crippen LogP contribution is 2.38. The lowest BCUT2D eigenvalue weighted by molar-refractivity contribution is 0.0653. The second-order valence-electron chi connectivity index (χ2n) is 7.64. The molecule has 0 N–H and O–H groups in total. The number of rotatable bonds is 4. The second-order valence-corrected chi connectivity index (χ2v) is 7.64. The minimum atomic E-state index is -0.0322. The molecule has 2 fully saturated rings. The molecule has 7 heteroatoms. The zero-order valence-corrected chi connectivity index (χ0v) is 15.2. The van der Waals surface area contributed by atoms with Crippen LogP contribution >= 0.6 is 0 Å². The maximum absolute atomic E-state index is 12.9. The molecule has 0 radical (unpaired) electrons. The molecule has 2 aromatic heterocycles. The molecule has 1 aliphatic carbocycles. The van der Waals surface area contributed by atoms with E-state index in [1.807, 2.05) is 33.8 Å². The Labute approximate surface area is 157 Å². The molecule has 1 atom stereocenters. The first-order chi connectivity index (χ1) is 13.3. The van der Waals surface area contributed by atoms with Gasteiger partial charge in [0.05, 0.1) is 22.9 Å². The van der Waals surface area contributed by atoms with Crippen molar-refractivity contribution in [3.05, 3.63) is 48.0 Å². The van der Waals surface area contributed by atoms with Crippen LogP contribution in [0.1, 0.15) is 47.8 Å². The summed E-state index contributed by atoms with van der Waals surface area (Å²) in [4.78, 5) is 23.7. The first-order valence-corrected chi connectivity index (χ1v) is 9.67. The van der Waals surface area contributed by atoms with Crippen molar-refractivity contribution in [1.29, 1.82) is 0 Å². The third-order valence-electron chi connectivity index (χ3n) is 5.47. The van der Waals surface area contributed by atoms with Gasteiger partial charge >= 0.3 is 0 Å². The largest absolute Gasteiger partial charge is 0.337 e. The smallest absolute Gasteiger partial charge is 0.274 e. The summed E-state index contributed by atoms with van der Waals surface area (Å²) in [6.45, 7) is 2.31. The third kappa shape index (κ3) is 3.41. The van der Waals surface area contributed by atoms with E-state index in [4.69, 9.17) is 0 Å². The molecule has 3 heterocycles. The molecule has 1 saturated carbocycles. The van der Waals surface area contributed by atoms with Crippen LogP contribution in [0.5, 0.6) is 0 Å². The molecule has 1 amide bonds. The van der Waals surface area contributed by atoms with Gasteiger partial charge in [-0.1, -0.05) is 17.3 Å². The van der Waals surface area contributed by atoms with Crippen LogP contribution in [0.25, 0.3) is 11.0 Å². The van der Waals surface area contributed by atoms with E-state index in [9.17, 15) is 4.79 Å². The molecule has 1 aliphatic heterocycles. The summed E-state index contributed by atoms with van der Waals surface area (Å²) in [5.41, 5.74) is 3.10. The van der Waals surface area contributed by atoms with Gasteiger partial charge < -0.3 is 4.90 Å². The van der Waals surface area contributed by atoms with E-state index in [1.165, 1.54) is 12.8 Å². The molecule has 0 bridgehead atoms. The molecule has 7 nitrogen and oxygen atoms in total. The number of nitrogens with zero attached hydrogens (tertiary/aromatic N) is 6. The summed E-state index contributed by atoms with van der Waals surface area (Å²) in [6.07, 6.45) is 8.24. The van der Waals surface area contributed by atoms with Gasteiger partial charge in [0.25, 0.3) is 5.91 Å². The van der Waals surface area contributed by atoms with E-state index in [-0.39, 0.29) is 5.91 Å². The normalized spacial score (nSPS) is 20.1. The number of piperidine rings is 1. The van der Waals surface area contributed by atoms with Gasteiger partial charge in [0.15, 0.2) is 0 Å². The van der Waals surface area contributed by atoms with Crippen molar-refractivity contribution in [2.75, 3.05) is 13.1 Å². The molecule has 2 aliphatic rings. The average Bonchev–Trinajstić information content (AvgIpc) is 3.47. The highest BCUT2D eigenvalue weighted by atomic mass is 16.2. The molecule has 1 aromatic carbocycles. The van der Waals surface area contributed by atoms with Gasteiger partial charge in [-0.3, -0.25) is 14.5 Å². The minimum Gasteiger partial charge on any atom is -0.337 e. The number of likely N-dealkylation sites (tertiary alicyclic amines) is 1. The molecular formula is C20H22N6O. The summed E-state index contributed by atoms with van der Waals surface area (Å²) in [6, 6.07) is 7.63. The van der Waals surface area contributed by atoms with Gasteiger partial charge in [-0.25, -0.2) is 4.98 Å². The van der Waals surface area contributed by atoms with Crippen LogP contribution in [-0.4, -0.2) is 48.9 Å². The van der Waals surface area contributed by atoms with Gasteiger partial charge in [-0.15, -0.1) is 5.10 Å². The molecular weight excluding hydrogens is 340 g/mol. The number of para-hydroxylation sites is 2. The van der Waals surface area contributed by atoms with Gasteiger partial charge in [0.2, 0.25) is 0 Å². The van der Waals surface area contributed by atoms with Crippen molar-refractivity contribution >= 4 is 16.9 Å². The molecule has 3 aromatic rings. The Hall–Kier alpha value is -2.83. The van der Waals surface area contributed by atoms with E-state index in [0.717, 1.165) is 49.2 Å². The number of carbonyl (C=O) groups excluding carboxylic acids is 1. The number of amides is 1. The van der Waals surface area contributed by atoms with Crippen LogP contribution in [0, 0.1) is 5.92 Å². The number of carbonyl (C=O) groups is 1. The summed E-state index contributed by atoms with van der Waals surface area (Å²) in [5, 5.41) is 8.56. The first kappa shape index (κ1) is 16.4. The molecule has 1 unspecified atom stereocenters. The fourth-order valence-electron chi connectivity index (χ4n) is 3.85. The fourth-order valence-corrected chi connectivity index (χ4v) is 3.85. The molecule has 5 rings (SSSR count). The van der Waals surface area contributed by atoms with Crippen molar-refractivity contribution < 1.29 is 4.79 Å². The van der Waals surface area contributed by atoms with Gasteiger partial charge in [0, 0.05) is 31.7 Å². The third-order valence-corrected chi connectivity index (χ3v) is 5.47. The Balaban J connectivity index is 1.28. The van der Waals surface area contributed by atoms with Crippen molar-refractivity contribution in [1.82, 2.24) is 29.9 Å². The highest BCUT2D eigenvalue weighted by Gasteiger charge is 2.28. The number of aromatic nitrogens is 5. The highest BCUT2D eigenvalue weighted by molar-refractivity contribution is 5.93. The predicted octanol–water partition coefficient (Wildman–Crippen LogP) is 2.65. The SMILES string of the molecule is O=C(c1cnc2ccccc2n1)N1CCCC(Cn2cc(C3CC3)nn2)C1. The lowest BCUT2D eigenvalue weighted by Crippen LogP contribution is -2.41. The minimum absolute atomic E-state index is 0.0322. The Kier molecular flexibility index (Phi) is 4.07. The maximum Gasteiger partial charge on any atom is 0.274 e. The van der Waals surface area contributed by atoms with Crippen LogP contribution in [0.2, 0.25) is 0 Å². The van der Waals surface area contributed by atoms with E-state index in [2.05, 4.69) is 26.5 Å².